The number of hydrogen-bond acceptors (Lipinski definition) is 5. The minimum absolute atomic E-state index is 0.372. The van der Waals surface area contributed by atoms with E-state index in [9.17, 15) is 0 Å². The number of rotatable bonds is 3. The van der Waals surface area contributed by atoms with Crippen LogP contribution in [0.15, 0.2) is 36.4 Å². The molecular weight excluding hydrogens is 228 g/mol. The van der Waals surface area contributed by atoms with Crippen molar-refractivity contribution in [2.24, 2.45) is 0 Å². The summed E-state index contributed by atoms with van der Waals surface area (Å²) in [5.41, 5.74) is 7.53. The number of hydrogen-bond donors (Lipinski definition) is 2. The number of pyridine rings is 1. The van der Waals surface area contributed by atoms with E-state index in [1.165, 1.54) is 7.11 Å². The van der Waals surface area contributed by atoms with Crippen LogP contribution in [0.3, 0.4) is 0 Å². The number of anilines is 3. The van der Waals surface area contributed by atoms with Crippen molar-refractivity contribution in [1.29, 1.82) is 5.26 Å². The molecule has 0 saturated heterocycles. The van der Waals surface area contributed by atoms with E-state index in [1.807, 2.05) is 6.07 Å². The van der Waals surface area contributed by atoms with Gasteiger partial charge in [0.15, 0.2) is 0 Å². The Kier molecular flexibility index (Phi) is 3.30. The van der Waals surface area contributed by atoms with Crippen LogP contribution in [0.1, 0.15) is 5.56 Å². The minimum atomic E-state index is 0.372. The summed E-state index contributed by atoms with van der Waals surface area (Å²) in [6.45, 7) is 0. The molecule has 0 unspecified atom stereocenters. The number of aromatic nitrogens is 1. The molecule has 5 nitrogen and oxygen atoms in total. The average Bonchev–Trinajstić information content (AvgIpc) is 2.41. The van der Waals surface area contributed by atoms with E-state index in [2.05, 4.69) is 16.4 Å². The number of ether oxygens (including phenoxy) is 1. The fourth-order valence-corrected chi connectivity index (χ4v) is 1.50. The number of methoxy groups -OCH3 is 1. The summed E-state index contributed by atoms with van der Waals surface area (Å²) >= 11 is 0. The Morgan fingerprint density at radius 3 is 2.89 bits per heavy atom. The van der Waals surface area contributed by atoms with Crippen molar-refractivity contribution in [3.8, 4) is 11.9 Å². The normalized spacial score (nSPS) is 9.56. The zero-order chi connectivity index (χ0) is 13.0. The molecular formula is C13H12N4O. The third-order valence-corrected chi connectivity index (χ3v) is 2.35. The number of nitriles is 1. The molecule has 2 aromatic rings. The monoisotopic (exact) mass is 240 g/mol. The molecule has 1 heterocycles. The van der Waals surface area contributed by atoms with Crippen molar-refractivity contribution in [3.05, 3.63) is 42.0 Å². The summed E-state index contributed by atoms with van der Waals surface area (Å²) in [5.74, 6) is 0.979. The van der Waals surface area contributed by atoms with Crippen molar-refractivity contribution >= 4 is 17.2 Å². The van der Waals surface area contributed by atoms with Crippen molar-refractivity contribution in [1.82, 2.24) is 4.98 Å². The number of nitrogens with two attached hydrogens (primary N) is 1. The molecule has 0 bridgehead atoms. The van der Waals surface area contributed by atoms with Gasteiger partial charge in [0, 0.05) is 5.69 Å². The molecule has 2 rings (SSSR count). The van der Waals surface area contributed by atoms with Gasteiger partial charge in [0.25, 0.3) is 0 Å². The van der Waals surface area contributed by atoms with E-state index >= 15 is 0 Å². The van der Waals surface area contributed by atoms with Crippen LogP contribution in [0.2, 0.25) is 0 Å². The molecule has 0 saturated carbocycles. The molecule has 0 radical (unpaired) electrons. The summed E-state index contributed by atoms with van der Waals surface area (Å²) in [6, 6.07) is 12.7. The molecule has 0 aliphatic heterocycles. The van der Waals surface area contributed by atoms with Crippen LogP contribution < -0.4 is 15.8 Å². The van der Waals surface area contributed by atoms with Crippen LogP contribution in [0.25, 0.3) is 0 Å². The summed E-state index contributed by atoms with van der Waals surface area (Å²) in [4.78, 5) is 4.20. The lowest BCUT2D eigenvalue weighted by atomic mass is 10.2. The fraction of sp³-hybridized carbons (Fsp3) is 0.0769. The van der Waals surface area contributed by atoms with Crippen molar-refractivity contribution in [3.63, 3.8) is 0 Å². The van der Waals surface area contributed by atoms with Crippen LogP contribution in [0.5, 0.6) is 5.88 Å². The smallest absolute Gasteiger partial charge is 0.238 e. The van der Waals surface area contributed by atoms with E-state index in [0.29, 0.717) is 22.9 Å². The van der Waals surface area contributed by atoms with E-state index in [-0.39, 0.29) is 0 Å². The van der Waals surface area contributed by atoms with Gasteiger partial charge in [-0.3, -0.25) is 0 Å². The highest BCUT2D eigenvalue weighted by Gasteiger charge is 2.03. The SMILES string of the molecule is COc1nc(Nc2cccc(C#N)c2)ccc1N. The second-order valence-corrected chi connectivity index (χ2v) is 3.61. The van der Waals surface area contributed by atoms with Gasteiger partial charge in [-0.1, -0.05) is 6.07 Å². The van der Waals surface area contributed by atoms with Crippen LogP contribution in [-0.2, 0) is 0 Å². The van der Waals surface area contributed by atoms with E-state index in [4.69, 9.17) is 15.7 Å². The number of nitrogen functional groups attached to an aromatic ring is 1. The van der Waals surface area contributed by atoms with E-state index in [1.54, 1.807) is 30.3 Å². The first-order valence-electron chi connectivity index (χ1n) is 5.30. The van der Waals surface area contributed by atoms with Crippen LogP contribution in [0, 0.1) is 11.3 Å². The highest BCUT2D eigenvalue weighted by Crippen LogP contribution is 2.23. The van der Waals surface area contributed by atoms with Crippen LogP contribution in [0.4, 0.5) is 17.2 Å². The van der Waals surface area contributed by atoms with Crippen LogP contribution in [-0.4, -0.2) is 12.1 Å². The van der Waals surface area contributed by atoms with Gasteiger partial charge in [-0.15, -0.1) is 0 Å². The summed E-state index contributed by atoms with van der Waals surface area (Å²) in [6.07, 6.45) is 0. The summed E-state index contributed by atoms with van der Waals surface area (Å²) in [5, 5.41) is 11.9. The van der Waals surface area contributed by atoms with E-state index < -0.39 is 0 Å². The second-order valence-electron chi connectivity index (χ2n) is 3.61. The lowest BCUT2D eigenvalue weighted by Gasteiger charge is -2.08. The zero-order valence-corrected chi connectivity index (χ0v) is 9.84. The first kappa shape index (κ1) is 11.7. The highest BCUT2D eigenvalue weighted by molar-refractivity contribution is 5.61. The molecule has 1 aromatic heterocycles. The standard InChI is InChI=1S/C13H12N4O/c1-18-13-11(15)5-6-12(17-13)16-10-4-2-3-9(7-10)8-14/h2-7H,15H2,1H3,(H,16,17). The predicted octanol–water partition coefficient (Wildman–Crippen LogP) is 2.29. The van der Waals surface area contributed by atoms with Gasteiger partial charge in [-0.05, 0) is 30.3 Å². The second kappa shape index (κ2) is 5.06. The number of benzene rings is 1. The molecule has 18 heavy (non-hydrogen) atoms. The van der Waals surface area contributed by atoms with Gasteiger partial charge in [0.05, 0.1) is 24.4 Å². The zero-order valence-electron chi connectivity index (χ0n) is 9.84. The molecule has 0 atom stereocenters. The molecule has 5 heteroatoms. The average molecular weight is 240 g/mol. The largest absolute Gasteiger partial charge is 0.479 e. The predicted molar refractivity (Wildman–Crippen MR) is 69.6 cm³/mol. The maximum absolute atomic E-state index is 8.82. The highest BCUT2D eigenvalue weighted by atomic mass is 16.5. The molecule has 0 spiro atoms. The Labute approximate surface area is 105 Å². The molecule has 0 amide bonds. The Morgan fingerprint density at radius 2 is 2.17 bits per heavy atom. The van der Waals surface area contributed by atoms with Crippen molar-refractivity contribution in [2.75, 3.05) is 18.2 Å². The molecule has 0 aliphatic rings. The molecule has 1 aromatic carbocycles. The summed E-state index contributed by atoms with van der Waals surface area (Å²) < 4.78 is 5.04. The van der Waals surface area contributed by atoms with Gasteiger partial charge in [0.1, 0.15) is 5.82 Å². The Morgan fingerprint density at radius 1 is 1.33 bits per heavy atom. The molecule has 0 fully saturated rings. The summed E-state index contributed by atoms with van der Waals surface area (Å²) in [7, 11) is 1.51. The van der Waals surface area contributed by atoms with Gasteiger partial charge in [-0.25, -0.2) is 0 Å². The van der Waals surface area contributed by atoms with E-state index in [0.717, 1.165) is 5.69 Å². The minimum Gasteiger partial charge on any atom is -0.479 e. The van der Waals surface area contributed by atoms with Crippen molar-refractivity contribution < 1.29 is 4.74 Å². The molecule has 3 N–H and O–H groups in total. The van der Waals surface area contributed by atoms with Gasteiger partial charge in [-0.2, -0.15) is 10.2 Å². The van der Waals surface area contributed by atoms with Crippen LogP contribution >= 0.6 is 0 Å². The number of nitrogens with one attached hydrogen (secondary N) is 1. The van der Waals surface area contributed by atoms with Crippen molar-refractivity contribution in [2.45, 2.75) is 0 Å². The first-order valence-corrected chi connectivity index (χ1v) is 5.30. The molecule has 0 aliphatic carbocycles. The third kappa shape index (κ3) is 2.50. The maximum atomic E-state index is 8.82. The number of nitrogens with zero attached hydrogens (tertiary/aromatic N) is 2. The third-order valence-electron chi connectivity index (χ3n) is 2.35. The fourth-order valence-electron chi connectivity index (χ4n) is 1.50. The molecule has 90 valence electrons. The lowest BCUT2D eigenvalue weighted by Crippen LogP contribution is -1.99. The Hall–Kier alpha value is -2.74. The van der Waals surface area contributed by atoms with Gasteiger partial charge < -0.3 is 15.8 Å². The van der Waals surface area contributed by atoms with Gasteiger partial charge >= 0.3 is 0 Å². The first-order chi connectivity index (χ1) is 8.72. The Bertz CT molecular complexity index is 604. The van der Waals surface area contributed by atoms with Gasteiger partial charge in [0.2, 0.25) is 5.88 Å². The quantitative estimate of drug-likeness (QED) is 0.859. The topological polar surface area (TPSA) is 84.0 Å². The maximum Gasteiger partial charge on any atom is 0.238 e. The Balaban J connectivity index is 2.26. The lowest BCUT2D eigenvalue weighted by molar-refractivity contribution is 0.401.